The summed E-state index contributed by atoms with van der Waals surface area (Å²) in [6, 6.07) is 68.7. The van der Waals surface area contributed by atoms with E-state index >= 15 is 0 Å². The summed E-state index contributed by atoms with van der Waals surface area (Å²) < 4.78 is 0. The number of fused-ring (bicyclic) bond motifs is 8. The van der Waals surface area contributed by atoms with Crippen LogP contribution in [0.5, 0.6) is 0 Å². The van der Waals surface area contributed by atoms with Crippen molar-refractivity contribution >= 4 is 111 Å². The third-order valence-corrected chi connectivity index (χ3v) is 16.5. The van der Waals surface area contributed by atoms with Crippen LogP contribution in [0.1, 0.15) is 105 Å². The quantitative estimate of drug-likeness (QED) is 0.129. The molecule has 11 aromatic rings. The smallest absolute Gasteiger partial charge is 0.252 e. The van der Waals surface area contributed by atoms with E-state index in [9.17, 15) is 0 Å². The molecule has 2 aliphatic rings. The molecule has 0 saturated carbocycles. The van der Waals surface area contributed by atoms with E-state index in [0.717, 1.165) is 0 Å². The van der Waals surface area contributed by atoms with Crippen LogP contribution in [-0.2, 0) is 21.7 Å². The van der Waals surface area contributed by atoms with E-state index in [0.29, 0.717) is 0 Å². The zero-order valence-electron chi connectivity index (χ0n) is 44.7. The molecule has 358 valence electrons. The first-order valence-electron chi connectivity index (χ1n) is 26.5. The Morgan fingerprint density at radius 3 is 1.16 bits per heavy atom. The number of nitrogens with zero attached hydrogens (tertiary/aromatic N) is 2. The first kappa shape index (κ1) is 45.5. The molecular weight excluding hydrogens is 880 g/mol. The summed E-state index contributed by atoms with van der Waals surface area (Å²) in [7, 11) is 0. The molecule has 2 heterocycles. The summed E-state index contributed by atoms with van der Waals surface area (Å²) in [5.74, 6) is 0. The Hall–Kier alpha value is -7.36. The minimum atomic E-state index is -0.0848. The predicted octanol–water partition coefficient (Wildman–Crippen LogP) is 17.8. The molecule has 13 rings (SSSR count). The van der Waals surface area contributed by atoms with Gasteiger partial charge >= 0.3 is 0 Å². The Kier molecular flexibility index (Phi) is 9.71. The van der Waals surface area contributed by atoms with Gasteiger partial charge in [0.1, 0.15) is 0 Å². The highest BCUT2D eigenvalue weighted by Gasteiger charge is 2.45. The third-order valence-electron chi connectivity index (χ3n) is 16.5. The van der Waals surface area contributed by atoms with Gasteiger partial charge in [0.05, 0.1) is 0 Å². The summed E-state index contributed by atoms with van der Waals surface area (Å²) in [6.07, 6.45) is 0. The third kappa shape index (κ3) is 7.05. The number of hydrogen-bond acceptors (Lipinski definition) is 2. The molecule has 0 spiro atoms. The maximum Gasteiger partial charge on any atom is 0.252 e. The van der Waals surface area contributed by atoms with Crippen molar-refractivity contribution < 1.29 is 0 Å². The van der Waals surface area contributed by atoms with E-state index in [-0.39, 0.29) is 28.4 Å². The summed E-state index contributed by atoms with van der Waals surface area (Å²) in [5, 5.41) is 12.8. The van der Waals surface area contributed by atoms with Gasteiger partial charge in [-0.05, 0) is 151 Å². The van der Waals surface area contributed by atoms with Crippen molar-refractivity contribution in [1.82, 2.24) is 0 Å². The van der Waals surface area contributed by atoms with Crippen LogP contribution in [0.4, 0.5) is 34.1 Å². The number of anilines is 6. The second kappa shape index (κ2) is 15.6. The van der Waals surface area contributed by atoms with Gasteiger partial charge in [-0.15, -0.1) is 0 Å². The second-order valence-electron chi connectivity index (χ2n) is 25.5. The van der Waals surface area contributed by atoms with E-state index in [1.165, 1.54) is 138 Å². The minimum Gasteiger partial charge on any atom is -0.311 e. The Bertz CT molecular complexity index is 3820. The van der Waals surface area contributed by atoms with Crippen molar-refractivity contribution in [3.8, 4) is 11.1 Å². The van der Waals surface area contributed by atoms with Crippen LogP contribution in [0, 0.1) is 0 Å². The first-order valence-corrected chi connectivity index (χ1v) is 26.5. The van der Waals surface area contributed by atoms with Crippen LogP contribution in [-0.4, -0.2) is 6.71 Å². The van der Waals surface area contributed by atoms with Crippen LogP contribution >= 0.6 is 0 Å². The van der Waals surface area contributed by atoms with Crippen LogP contribution < -0.4 is 26.2 Å². The highest BCUT2D eigenvalue weighted by Crippen LogP contribution is 2.52. The molecule has 0 aliphatic carbocycles. The topological polar surface area (TPSA) is 6.48 Å². The van der Waals surface area contributed by atoms with E-state index in [1.807, 2.05) is 0 Å². The predicted molar refractivity (Wildman–Crippen MR) is 319 cm³/mol. The zero-order valence-corrected chi connectivity index (χ0v) is 44.7. The average Bonchev–Trinajstić information content (AvgIpc) is 3.36. The van der Waals surface area contributed by atoms with Crippen LogP contribution in [0.2, 0.25) is 0 Å². The molecule has 0 fully saturated rings. The molecule has 73 heavy (non-hydrogen) atoms. The van der Waals surface area contributed by atoms with Crippen molar-refractivity contribution in [3.63, 3.8) is 0 Å². The van der Waals surface area contributed by atoms with E-state index in [1.54, 1.807) is 0 Å². The lowest BCUT2D eigenvalue weighted by molar-refractivity contribution is 0.568. The Balaban J connectivity index is 1.24. The second-order valence-corrected chi connectivity index (χ2v) is 25.5. The summed E-state index contributed by atoms with van der Waals surface area (Å²) in [4.78, 5) is 5.38. The maximum atomic E-state index is 2.69. The largest absolute Gasteiger partial charge is 0.311 e. The molecule has 0 unspecified atom stereocenters. The molecule has 0 bridgehead atoms. The lowest BCUT2D eigenvalue weighted by atomic mass is 9.33. The van der Waals surface area contributed by atoms with Crippen molar-refractivity contribution in [3.05, 3.63) is 198 Å². The van der Waals surface area contributed by atoms with Crippen LogP contribution in [0.3, 0.4) is 0 Å². The normalized spacial score (nSPS) is 13.9. The van der Waals surface area contributed by atoms with Gasteiger partial charge in [-0.1, -0.05) is 223 Å². The Labute approximate surface area is 432 Å². The average molecular weight is 945 g/mol. The molecule has 0 atom stereocenters. The summed E-state index contributed by atoms with van der Waals surface area (Å²) in [6.45, 7) is 28.3. The molecule has 0 aromatic heterocycles. The molecule has 2 nitrogen and oxygen atoms in total. The van der Waals surface area contributed by atoms with Gasteiger partial charge < -0.3 is 9.80 Å². The fourth-order valence-corrected chi connectivity index (χ4v) is 12.4. The van der Waals surface area contributed by atoms with Crippen LogP contribution in [0.25, 0.3) is 65.0 Å². The van der Waals surface area contributed by atoms with Gasteiger partial charge in [0.2, 0.25) is 0 Å². The Morgan fingerprint density at radius 2 is 0.712 bits per heavy atom. The Morgan fingerprint density at radius 1 is 0.329 bits per heavy atom. The summed E-state index contributed by atoms with van der Waals surface area (Å²) >= 11 is 0. The number of benzene rings is 11. The van der Waals surface area contributed by atoms with E-state index < -0.39 is 0 Å². The van der Waals surface area contributed by atoms with Gasteiger partial charge in [0.15, 0.2) is 0 Å². The molecule has 3 heteroatoms. The van der Waals surface area contributed by atoms with Gasteiger partial charge in [-0.3, -0.25) is 0 Å². The van der Waals surface area contributed by atoms with Crippen molar-refractivity contribution in [2.24, 2.45) is 0 Å². The van der Waals surface area contributed by atoms with E-state index in [4.69, 9.17) is 0 Å². The highest BCUT2D eigenvalue weighted by atomic mass is 15.2. The van der Waals surface area contributed by atoms with Crippen molar-refractivity contribution in [2.45, 2.75) is 105 Å². The fourth-order valence-electron chi connectivity index (χ4n) is 12.4. The number of rotatable bonds is 3. The van der Waals surface area contributed by atoms with Gasteiger partial charge in [0.25, 0.3) is 6.71 Å². The molecule has 0 radical (unpaired) electrons. The van der Waals surface area contributed by atoms with Crippen molar-refractivity contribution in [2.75, 3.05) is 9.80 Å². The summed E-state index contributed by atoms with van der Waals surface area (Å²) in [5.41, 5.74) is 18.8. The molecule has 0 amide bonds. The minimum absolute atomic E-state index is 0.0483. The number of hydrogen-bond donors (Lipinski definition) is 0. The molecule has 2 aliphatic heterocycles. The maximum absolute atomic E-state index is 2.69. The molecule has 0 saturated heterocycles. The standard InChI is InChI=1S/C70H65BN2/c1-67(2,3)48-36-49(68(4,5)6)39-52(38-48)72-60-34-47(54-30-26-46-25-24-44-20-17-21-45-27-31-57(54)63(46)62(44)45)35-61-64(60)71(58-32-28-42-18-13-15-22-55(42)65(58)72)59-33-29-43-19-14-16-23-56(43)66(59)73(61)53-40-50(69(7,8)9)37-51(41-53)70(10,11)12/h13-41H,1-12H3. The fraction of sp³-hybridized carbons (Fsp3) is 0.229. The highest BCUT2D eigenvalue weighted by molar-refractivity contribution is 7.00. The zero-order chi connectivity index (χ0) is 50.7. The van der Waals surface area contributed by atoms with Crippen molar-refractivity contribution in [1.29, 1.82) is 0 Å². The molecule has 11 aromatic carbocycles. The monoisotopic (exact) mass is 945 g/mol. The van der Waals surface area contributed by atoms with E-state index in [2.05, 4.69) is 269 Å². The van der Waals surface area contributed by atoms with Gasteiger partial charge in [0, 0.05) is 44.9 Å². The molecular formula is C70H65BN2. The first-order chi connectivity index (χ1) is 34.7. The lowest BCUT2D eigenvalue weighted by Crippen LogP contribution is -2.61. The SMILES string of the molecule is CC(C)(C)c1cc(N2c3cc(-c4ccc5ccc6cccc7ccc4c5c67)cc4c3B(c3ccc5ccccc5c32)c2ccc3ccccc3c2N4c2cc(C(C)(C)C)cc(C(C)(C)C)c2)cc(C(C)(C)C)c1. The van der Waals surface area contributed by atoms with Gasteiger partial charge in [-0.2, -0.15) is 0 Å². The molecule has 0 N–H and O–H groups in total. The lowest BCUT2D eigenvalue weighted by Gasteiger charge is -2.46. The van der Waals surface area contributed by atoms with Gasteiger partial charge in [-0.25, -0.2) is 0 Å². The van der Waals surface area contributed by atoms with Crippen LogP contribution in [0.15, 0.2) is 176 Å².